The molecule has 0 aliphatic carbocycles. The second kappa shape index (κ2) is 8.26. The minimum absolute atomic E-state index is 0.107. The second-order valence-electron chi connectivity index (χ2n) is 6.59. The Kier molecular flexibility index (Phi) is 5.81. The van der Waals surface area contributed by atoms with Crippen LogP contribution in [-0.2, 0) is 0 Å². The fourth-order valence-corrected chi connectivity index (χ4v) is 3.34. The number of rotatable bonds is 6. The summed E-state index contributed by atoms with van der Waals surface area (Å²) < 4.78 is 12.2. The molecule has 2 N–H and O–H groups in total. The largest absolute Gasteiger partial charge is 0.491 e. The van der Waals surface area contributed by atoms with E-state index in [1.165, 1.54) is 11.3 Å². The Bertz CT molecular complexity index is 920. The van der Waals surface area contributed by atoms with Gasteiger partial charge in [0, 0.05) is 5.69 Å². The van der Waals surface area contributed by atoms with Crippen LogP contribution in [0.2, 0.25) is 0 Å². The molecule has 2 amide bonds. The Labute approximate surface area is 162 Å². The highest BCUT2D eigenvalue weighted by molar-refractivity contribution is 7.22. The molecule has 0 bridgehead atoms. The van der Waals surface area contributed by atoms with E-state index in [4.69, 9.17) is 9.47 Å². The van der Waals surface area contributed by atoms with Gasteiger partial charge in [0.15, 0.2) is 5.13 Å². The molecule has 27 heavy (non-hydrogen) atoms. The topological polar surface area (TPSA) is 72.5 Å². The highest BCUT2D eigenvalue weighted by Crippen LogP contribution is 2.29. The Hall–Kier alpha value is -2.80. The van der Waals surface area contributed by atoms with Gasteiger partial charge in [0.05, 0.1) is 22.4 Å². The van der Waals surface area contributed by atoms with Crippen molar-refractivity contribution in [1.29, 1.82) is 0 Å². The SMILES string of the molecule is CC(C)Oc1ccc(NC(=O)Nc2nc3ccc(OC(C)C)cc3s2)cc1. The zero-order chi connectivity index (χ0) is 19.4. The van der Waals surface area contributed by atoms with Crippen LogP contribution in [0.4, 0.5) is 15.6 Å². The van der Waals surface area contributed by atoms with Crippen LogP contribution < -0.4 is 20.1 Å². The van der Waals surface area contributed by atoms with Gasteiger partial charge in [-0.3, -0.25) is 5.32 Å². The van der Waals surface area contributed by atoms with Crippen LogP contribution >= 0.6 is 11.3 Å². The fourth-order valence-electron chi connectivity index (χ4n) is 2.45. The molecule has 0 atom stereocenters. The van der Waals surface area contributed by atoms with Crippen molar-refractivity contribution in [3.63, 3.8) is 0 Å². The Balaban J connectivity index is 1.63. The van der Waals surface area contributed by atoms with E-state index < -0.39 is 0 Å². The van der Waals surface area contributed by atoms with Gasteiger partial charge in [0.1, 0.15) is 11.5 Å². The number of ether oxygens (including phenoxy) is 2. The summed E-state index contributed by atoms with van der Waals surface area (Å²) in [5.41, 5.74) is 1.50. The number of carbonyl (C=O) groups excluding carboxylic acids is 1. The molecule has 0 aliphatic rings. The minimum Gasteiger partial charge on any atom is -0.491 e. The molecule has 1 aromatic heterocycles. The molecule has 1 heterocycles. The highest BCUT2D eigenvalue weighted by Gasteiger charge is 2.10. The van der Waals surface area contributed by atoms with Crippen LogP contribution in [0, 0.1) is 0 Å². The first-order chi connectivity index (χ1) is 12.9. The van der Waals surface area contributed by atoms with Gasteiger partial charge in [-0.05, 0) is 70.2 Å². The quantitative estimate of drug-likeness (QED) is 0.586. The Morgan fingerprint density at radius 2 is 1.56 bits per heavy atom. The van der Waals surface area contributed by atoms with Crippen LogP contribution in [0.5, 0.6) is 11.5 Å². The molecule has 3 rings (SSSR count). The van der Waals surface area contributed by atoms with Crippen molar-refractivity contribution in [3.05, 3.63) is 42.5 Å². The molecule has 6 nitrogen and oxygen atoms in total. The van der Waals surface area contributed by atoms with E-state index in [1.54, 1.807) is 12.1 Å². The minimum atomic E-state index is -0.342. The number of nitrogens with zero attached hydrogens (tertiary/aromatic N) is 1. The van der Waals surface area contributed by atoms with E-state index in [0.29, 0.717) is 10.8 Å². The van der Waals surface area contributed by atoms with Gasteiger partial charge in [-0.2, -0.15) is 0 Å². The molecular formula is C20H23N3O3S. The first-order valence-corrected chi connectivity index (χ1v) is 9.62. The summed E-state index contributed by atoms with van der Waals surface area (Å²) in [7, 11) is 0. The normalized spacial score (nSPS) is 11.0. The predicted molar refractivity (Wildman–Crippen MR) is 110 cm³/mol. The van der Waals surface area contributed by atoms with Gasteiger partial charge in [-0.1, -0.05) is 11.3 Å². The van der Waals surface area contributed by atoms with Crippen molar-refractivity contribution < 1.29 is 14.3 Å². The van der Waals surface area contributed by atoms with Gasteiger partial charge in [0.2, 0.25) is 0 Å². The summed E-state index contributed by atoms with van der Waals surface area (Å²) in [5, 5.41) is 6.09. The van der Waals surface area contributed by atoms with E-state index in [9.17, 15) is 4.79 Å². The average Bonchev–Trinajstić information content (AvgIpc) is 2.97. The third-order valence-electron chi connectivity index (χ3n) is 3.44. The number of fused-ring (bicyclic) bond motifs is 1. The summed E-state index contributed by atoms with van der Waals surface area (Å²) in [6.07, 6.45) is 0.216. The molecule has 3 aromatic rings. The van der Waals surface area contributed by atoms with Gasteiger partial charge < -0.3 is 14.8 Å². The molecule has 2 aromatic carbocycles. The standard InChI is InChI=1S/C20H23N3O3S/c1-12(2)25-15-7-5-14(6-8-15)21-19(24)23-20-22-17-10-9-16(26-13(3)4)11-18(17)27-20/h5-13H,1-4H3,(H2,21,22,23,24). The lowest BCUT2D eigenvalue weighted by Crippen LogP contribution is -2.19. The van der Waals surface area contributed by atoms with Crippen molar-refractivity contribution in [1.82, 2.24) is 4.98 Å². The summed E-state index contributed by atoms with van der Waals surface area (Å²) in [6.45, 7) is 7.90. The molecule has 0 spiro atoms. The van der Waals surface area contributed by atoms with Crippen LogP contribution in [0.15, 0.2) is 42.5 Å². The molecule has 0 aliphatic heterocycles. The zero-order valence-corrected chi connectivity index (χ0v) is 16.6. The summed E-state index contributed by atoms with van der Waals surface area (Å²) >= 11 is 1.40. The monoisotopic (exact) mass is 385 g/mol. The number of carbonyl (C=O) groups is 1. The maximum atomic E-state index is 12.2. The number of thiazole rings is 1. The average molecular weight is 385 g/mol. The first-order valence-electron chi connectivity index (χ1n) is 8.81. The van der Waals surface area contributed by atoms with Crippen LogP contribution in [0.1, 0.15) is 27.7 Å². The number of anilines is 2. The first kappa shape index (κ1) is 19.0. The maximum Gasteiger partial charge on any atom is 0.325 e. The number of hydrogen-bond acceptors (Lipinski definition) is 5. The van der Waals surface area contributed by atoms with Gasteiger partial charge in [-0.25, -0.2) is 9.78 Å². The number of amides is 2. The molecule has 0 unspecified atom stereocenters. The molecule has 0 saturated carbocycles. The van der Waals surface area contributed by atoms with E-state index >= 15 is 0 Å². The number of hydrogen-bond donors (Lipinski definition) is 2. The molecule has 142 valence electrons. The molecule has 0 fully saturated rings. The van der Waals surface area contributed by atoms with Crippen molar-refractivity contribution in [3.8, 4) is 11.5 Å². The van der Waals surface area contributed by atoms with Crippen LogP contribution in [0.25, 0.3) is 10.2 Å². The maximum absolute atomic E-state index is 12.2. The molecule has 0 saturated heterocycles. The number of urea groups is 1. The Morgan fingerprint density at radius 1 is 0.926 bits per heavy atom. The van der Waals surface area contributed by atoms with Gasteiger partial charge >= 0.3 is 6.03 Å². The lowest BCUT2D eigenvalue weighted by Gasteiger charge is -2.10. The van der Waals surface area contributed by atoms with Gasteiger partial charge in [0.25, 0.3) is 0 Å². The van der Waals surface area contributed by atoms with Crippen molar-refractivity contribution in [2.75, 3.05) is 10.6 Å². The van der Waals surface area contributed by atoms with E-state index in [1.807, 2.05) is 58.0 Å². The summed E-state index contributed by atoms with van der Waals surface area (Å²) in [4.78, 5) is 16.7. The van der Waals surface area contributed by atoms with E-state index in [0.717, 1.165) is 21.7 Å². The van der Waals surface area contributed by atoms with E-state index in [-0.39, 0.29) is 18.2 Å². The third kappa shape index (κ3) is 5.34. The fraction of sp³-hybridized carbons (Fsp3) is 0.300. The molecule has 7 heteroatoms. The second-order valence-corrected chi connectivity index (χ2v) is 7.62. The predicted octanol–water partition coefficient (Wildman–Crippen LogP) is 5.51. The van der Waals surface area contributed by atoms with Crippen molar-refractivity contribution >= 4 is 38.4 Å². The lowest BCUT2D eigenvalue weighted by molar-refractivity contribution is 0.242. The number of nitrogens with one attached hydrogen (secondary N) is 2. The van der Waals surface area contributed by atoms with Crippen LogP contribution in [-0.4, -0.2) is 23.2 Å². The lowest BCUT2D eigenvalue weighted by atomic mass is 10.3. The van der Waals surface area contributed by atoms with Crippen molar-refractivity contribution in [2.24, 2.45) is 0 Å². The summed E-state index contributed by atoms with van der Waals surface area (Å²) in [5.74, 6) is 1.56. The van der Waals surface area contributed by atoms with Crippen molar-refractivity contribution in [2.45, 2.75) is 39.9 Å². The molecular weight excluding hydrogens is 362 g/mol. The zero-order valence-electron chi connectivity index (χ0n) is 15.8. The smallest absolute Gasteiger partial charge is 0.325 e. The number of benzene rings is 2. The van der Waals surface area contributed by atoms with E-state index in [2.05, 4.69) is 15.6 Å². The molecule has 0 radical (unpaired) electrons. The highest BCUT2D eigenvalue weighted by atomic mass is 32.1. The third-order valence-corrected chi connectivity index (χ3v) is 4.37. The van der Waals surface area contributed by atoms with Gasteiger partial charge in [-0.15, -0.1) is 0 Å². The number of aromatic nitrogens is 1. The Morgan fingerprint density at radius 3 is 2.22 bits per heavy atom. The van der Waals surface area contributed by atoms with Crippen LogP contribution in [0.3, 0.4) is 0 Å². The summed E-state index contributed by atoms with van der Waals surface area (Å²) in [6, 6.07) is 12.6.